The quantitative estimate of drug-likeness (QED) is 0.239. The van der Waals surface area contributed by atoms with Crippen molar-refractivity contribution in [3.05, 3.63) is 59.8 Å². The summed E-state index contributed by atoms with van der Waals surface area (Å²) in [5.41, 5.74) is 11.8. The van der Waals surface area contributed by atoms with Gasteiger partial charge < -0.3 is 20.9 Å². The first kappa shape index (κ1) is 21.4. The number of aromatic nitrogens is 1. The number of aromatic amines is 1. The Morgan fingerprint density at radius 2 is 1.81 bits per heavy atom. The van der Waals surface area contributed by atoms with Crippen molar-refractivity contribution in [2.45, 2.75) is 26.2 Å². The summed E-state index contributed by atoms with van der Waals surface area (Å²) < 4.78 is 0. The fourth-order valence-electron chi connectivity index (χ4n) is 3.80. The lowest BCUT2D eigenvalue weighted by molar-refractivity contribution is 0.102. The van der Waals surface area contributed by atoms with E-state index in [9.17, 15) is 4.79 Å². The SMILES string of the molecule is CC(=NN=C(N)NO)c1ccc2[nH]c(C(=O)Nc3ccc(N4CCCCC4)cc3)cc2c1. The van der Waals surface area contributed by atoms with Crippen LogP contribution in [0.4, 0.5) is 11.4 Å². The van der Waals surface area contributed by atoms with Gasteiger partial charge in [0.25, 0.3) is 5.91 Å². The van der Waals surface area contributed by atoms with Crippen molar-refractivity contribution < 1.29 is 10.0 Å². The Bertz CT molecular complexity index is 1160. The molecule has 9 heteroatoms. The van der Waals surface area contributed by atoms with Gasteiger partial charge in [-0.05, 0) is 74.2 Å². The van der Waals surface area contributed by atoms with Crippen molar-refractivity contribution in [3.63, 3.8) is 0 Å². The summed E-state index contributed by atoms with van der Waals surface area (Å²) in [6.07, 6.45) is 3.76. The van der Waals surface area contributed by atoms with Crippen molar-refractivity contribution in [3.8, 4) is 0 Å². The van der Waals surface area contributed by atoms with Gasteiger partial charge in [-0.1, -0.05) is 6.07 Å². The Labute approximate surface area is 186 Å². The number of rotatable bonds is 5. The number of hydrogen-bond donors (Lipinski definition) is 5. The van der Waals surface area contributed by atoms with Gasteiger partial charge in [0.1, 0.15) is 5.69 Å². The zero-order valence-corrected chi connectivity index (χ0v) is 17.9. The third-order valence-corrected chi connectivity index (χ3v) is 5.55. The third kappa shape index (κ3) is 4.89. The molecule has 1 amide bonds. The molecule has 1 fully saturated rings. The monoisotopic (exact) mass is 433 g/mol. The van der Waals surface area contributed by atoms with Crippen molar-refractivity contribution in [2.75, 3.05) is 23.3 Å². The van der Waals surface area contributed by atoms with Crippen LogP contribution >= 0.6 is 0 Å². The number of hydrogen-bond acceptors (Lipinski definition) is 5. The minimum absolute atomic E-state index is 0.199. The Morgan fingerprint density at radius 3 is 2.53 bits per heavy atom. The van der Waals surface area contributed by atoms with Gasteiger partial charge in [-0.2, -0.15) is 5.10 Å². The average Bonchev–Trinajstić information content (AvgIpc) is 3.27. The summed E-state index contributed by atoms with van der Waals surface area (Å²) in [6, 6.07) is 15.5. The van der Waals surface area contributed by atoms with Crippen LogP contribution in [0.2, 0.25) is 0 Å². The Hall–Kier alpha value is -3.85. The first-order valence-corrected chi connectivity index (χ1v) is 10.6. The molecule has 6 N–H and O–H groups in total. The van der Waals surface area contributed by atoms with Crippen molar-refractivity contribution in [1.82, 2.24) is 10.5 Å². The lowest BCUT2D eigenvalue weighted by atomic mass is 10.1. The fraction of sp³-hybridized carbons (Fsp3) is 0.261. The summed E-state index contributed by atoms with van der Waals surface area (Å²) in [6.45, 7) is 3.96. The number of nitrogens with zero attached hydrogens (tertiary/aromatic N) is 3. The molecule has 2 aromatic carbocycles. The maximum absolute atomic E-state index is 12.8. The highest BCUT2D eigenvalue weighted by atomic mass is 16.5. The maximum atomic E-state index is 12.8. The van der Waals surface area contributed by atoms with Crippen molar-refractivity contribution in [1.29, 1.82) is 0 Å². The highest BCUT2D eigenvalue weighted by molar-refractivity contribution is 6.07. The van der Waals surface area contributed by atoms with Crippen LogP contribution in [0, 0.1) is 0 Å². The van der Waals surface area contributed by atoms with E-state index in [1.54, 1.807) is 18.5 Å². The van der Waals surface area contributed by atoms with Gasteiger partial charge in [-0.25, -0.2) is 5.48 Å². The third-order valence-electron chi connectivity index (χ3n) is 5.55. The molecule has 0 atom stereocenters. The van der Waals surface area contributed by atoms with Gasteiger partial charge in [0, 0.05) is 35.4 Å². The number of carbonyl (C=O) groups excluding carboxylic acids is 1. The molecule has 0 saturated carbocycles. The molecule has 4 rings (SSSR count). The molecule has 3 aromatic rings. The number of anilines is 2. The Kier molecular flexibility index (Phi) is 6.37. The molecule has 0 spiro atoms. The highest BCUT2D eigenvalue weighted by Gasteiger charge is 2.13. The van der Waals surface area contributed by atoms with E-state index in [1.165, 1.54) is 24.9 Å². The van der Waals surface area contributed by atoms with E-state index >= 15 is 0 Å². The zero-order chi connectivity index (χ0) is 22.5. The molecular formula is C23H27N7O2. The molecule has 0 radical (unpaired) electrons. The van der Waals surface area contributed by atoms with E-state index < -0.39 is 0 Å². The number of H-pyrrole nitrogens is 1. The zero-order valence-electron chi connectivity index (χ0n) is 17.9. The molecule has 166 valence electrons. The van der Waals surface area contributed by atoms with Gasteiger partial charge in [-0.3, -0.25) is 10.0 Å². The van der Waals surface area contributed by atoms with Crippen LogP contribution in [0.15, 0.2) is 58.7 Å². The summed E-state index contributed by atoms with van der Waals surface area (Å²) in [5.74, 6) is -0.403. The molecule has 1 aromatic heterocycles. The molecule has 1 saturated heterocycles. The number of benzene rings is 2. The van der Waals surface area contributed by atoms with Gasteiger partial charge in [0.05, 0.1) is 5.71 Å². The second-order valence-electron chi connectivity index (χ2n) is 7.82. The topological polar surface area (TPSA) is 131 Å². The first-order valence-electron chi connectivity index (χ1n) is 10.6. The number of fused-ring (bicyclic) bond motifs is 1. The van der Waals surface area contributed by atoms with E-state index in [4.69, 9.17) is 10.9 Å². The van der Waals surface area contributed by atoms with Crippen molar-refractivity contribution in [2.24, 2.45) is 15.9 Å². The van der Waals surface area contributed by atoms with Gasteiger partial charge in [0.15, 0.2) is 0 Å². The second-order valence-corrected chi connectivity index (χ2v) is 7.82. The Balaban J connectivity index is 1.46. The summed E-state index contributed by atoms with van der Waals surface area (Å²) in [5, 5.41) is 20.1. The number of hydroxylamine groups is 1. The summed E-state index contributed by atoms with van der Waals surface area (Å²) >= 11 is 0. The van der Waals surface area contributed by atoms with Crippen LogP contribution in [0.25, 0.3) is 10.9 Å². The lowest BCUT2D eigenvalue weighted by Gasteiger charge is -2.28. The number of piperidine rings is 1. The normalized spacial score (nSPS) is 15.1. The molecular weight excluding hydrogens is 406 g/mol. The Morgan fingerprint density at radius 1 is 1.06 bits per heavy atom. The fourth-order valence-corrected chi connectivity index (χ4v) is 3.80. The minimum Gasteiger partial charge on any atom is -0.372 e. The molecule has 1 aliphatic heterocycles. The number of guanidine groups is 1. The number of nitrogens with one attached hydrogen (secondary N) is 3. The molecule has 0 aliphatic carbocycles. The smallest absolute Gasteiger partial charge is 0.272 e. The van der Waals surface area contributed by atoms with E-state index in [0.29, 0.717) is 11.4 Å². The van der Waals surface area contributed by atoms with Gasteiger partial charge in [-0.15, -0.1) is 5.10 Å². The van der Waals surface area contributed by atoms with Crippen LogP contribution < -0.4 is 21.4 Å². The maximum Gasteiger partial charge on any atom is 0.272 e. The van der Waals surface area contributed by atoms with E-state index in [2.05, 4.69) is 37.5 Å². The van der Waals surface area contributed by atoms with E-state index in [1.807, 2.05) is 30.3 Å². The molecule has 32 heavy (non-hydrogen) atoms. The predicted molar refractivity (Wildman–Crippen MR) is 128 cm³/mol. The molecule has 9 nitrogen and oxygen atoms in total. The van der Waals surface area contributed by atoms with Crippen LogP contribution in [-0.4, -0.2) is 40.9 Å². The molecule has 1 aliphatic rings. The van der Waals surface area contributed by atoms with E-state index in [-0.39, 0.29) is 11.9 Å². The number of carbonyl (C=O) groups is 1. The predicted octanol–water partition coefficient (Wildman–Crippen LogP) is 3.43. The molecule has 0 unspecified atom stereocenters. The lowest BCUT2D eigenvalue weighted by Crippen LogP contribution is -2.29. The van der Waals surface area contributed by atoms with Crippen LogP contribution in [0.3, 0.4) is 0 Å². The first-order chi connectivity index (χ1) is 15.5. The van der Waals surface area contributed by atoms with Crippen LogP contribution in [0.1, 0.15) is 42.2 Å². The molecule has 2 heterocycles. The van der Waals surface area contributed by atoms with Crippen LogP contribution in [-0.2, 0) is 0 Å². The van der Waals surface area contributed by atoms with Gasteiger partial charge in [0.2, 0.25) is 5.96 Å². The van der Waals surface area contributed by atoms with Crippen LogP contribution in [0.5, 0.6) is 0 Å². The average molecular weight is 434 g/mol. The summed E-state index contributed by atoms with van der Waals surface area (Å²) in [4.78, 5) is 18.3. The summed E-state index contributed by atoms with van der Waals surface area (Å²) in [7, 11) is 0. The van der Waals surface area contributed by atoms with E-state index in [0.717, 1.165) is 35.2 Å². The minimum atomic E-state index is -0.203. The second kappa shape index (κ2) is 9.52. The van der Waals surface area contributed by atoms with Crippen molar-refractivity contribution >= 4 is 39.9 Å². The molecule has 0 bridgehead atoms. The highest BCUT2D eigenvalue weighted by Crippen LogP contribution is 2.23. The largest absolute Gasteiger partial charge is 0.372 e. The standard InChI is InChI=1S/C23H27N7O2/c1-15(27-28-23(24)29-32)16-5-10-20-17(13-16)14-21(26-20)22(31)25-18-6-8-19(9-7-18)30-11-3-2-4-12-30/h5-10,13-14,26,32H,2-4,11-12H2,1H3,(H,25,31)(H3,24,28,29). The number of nitrogens with two attached hydrogens (primary N) is 1. The van der Waals surface area contributed by atoms with Gasteiger partial charge >= 0.3 is 0 Å². The number of amides is 1.